The predicted octanol–water partition coefficient (Wildman–Crippen LogP) is 4.60. The van der Waals surface area contributed by atoms with Crippen LogP contribution in [0.1, 0.15) is 29.3 Å². The third-order valence-corrected chi connectivity index (χ3v) is 5.42. The second kappa shape index (κ2) is 9.57. The molecule has 0 bridgehead atoms. The van der Waals surface area contributed by atoms with E-state index in [0.29, 0.717) is 35.0 Å². The van der Waals surface area contributed by atoms with Crippen molar-refractivity contribution in [1.29, 1.82) is 0 Å². The van der Waals surface area contributed by atoms with Gasteiger partial charge in [0.15, 0.2) is 5.82 Å². The number of carbonyl (C=O) groups excluding carboxylic acids is 1. The van der Waals surface area contributed by atoms with Gasteiger partial charge >= 0.3 is 0 Å². The lowest BCUT2D eigenvalue weighted by Crippen LogP contribution is -2.13. The molecule has 0 aliphatic rings. The minimum absolute atomic E-state index is 0.0991. The van der Waals surface area contributed by atoms with Gasteiger partial charge in [-0.25, -0.2) is 0 Å². The Bertz CT molecular complexity index is 1190. The summed E-state index contributed by atoms with van der Waals surface area (Å²) < 4.78 is 11.0. The van der Waals surface area contributed by atoms with E-state index in [2.05, 4.69) is 25.7 Å². The third kappa shape index (κ3) is 5.37. The fourth-order valence-electron chi connectivity index (χ4n) is 2.91. The fraction of sp³-hybridized carbons (Fsp3) is 0.227. The fourth-order valence-corrected chi connectivity index (χ4v) is 3.52. The van der Waals surface area contributed by atoms with Crippen molar-refractivity contribution in [2.24, 2.45) is 0 Å². The van der Waals surface area contributed by atoms with Gasteiger partial charge in [0.1, 0.15) is 0 Å². The number of hydrogen-bond donors (Lipinski definition) is 1. The molecule has 158 valence electrons. The second-order valence-corrected chi connectivity index (χ2v) is 7.87. The molecule has 0 radical (unpaired) electrons. The Balaban J connectivity index is 1.27. The summed E-state index contributed by atoms with van der Waals surface area (Å²) in [6.07, 6.45) is 0.625. The van der Waals surface area contributed by atoms with E-state index in [4.69, 9.17) is 8.94 Å². The Labute approximate surface area is 183 Å². The van der Waals surface area contributed by atoms with Crippen LogP contribution >= 0.6 is 11.8 Å². The second-order valence-electron chi connectivity index (χ2n) is 6.94. The number of aromatic nitrogens is 4. The number of amides is 1. The Hall–Kier alpha value is -3.46. The van der Waals surface area contributed by atoms with Gasteiger partial charge in [0, 0.05) is 24.1 Å². The summed E-state index contributed by atoms with van der Waals surface area (Å²) in [4.78, 5) is 16.5. The van der Waals surface area contributed by atoms with Gasteiger partial charge in [0.2, 0.25) is 17.7 Å². The Morgan fingerprint density at radius 2 is 1.81 bits per heavy atom. The SMILES string of the molecule is Cc1ccccc1NC(=O)CCc1nc(CSc2nnc(-c3ccccc3C)o2)no1. The standard InChI is InChI=1S/C22H21N5O3S/c1-14-7-3-5-9-16(14)21-25-26-22(29-21)31-13-18-24-20(30-27-18)12-11-19(28)23-17-10-6-4-8-15(17)2/h3-10H,11-13H2,1-2H3,(H,23,28). The third-order valence-electron chi connectivity index (χ3n) is 4.60. The zero-order valence-electron chi connectivity index (χ0n) is 17.2. The van der Waals surface area contributed by atoms with Gasteiger partial charge in [-0.05, 0) is 37.1 Å². The average Bonchev–Trinajstić information content (AvgIpc) is 3.42. The highest BCUT2D eigenvalue weighted by molar-refractivity contribution is 7.98. The first-order valence-corrected chi connectivity index (χ1v) is 10.8. The molecular formula is C22H21N5O3S. The van der Waals surface area contributed by atoms with Crippen molar-refractivity contribution in [2.45, 2.75) is 37.7 Å². The normalized spacial score (nSPS) is 10.9. The highest BCUT2D eigenvalue weighted by atomic mass is 32.2. The number of para-hydroxylation sites is 1. The smallest absolute Gasteiger partial charge is 0.277 e. The van der Waals surface area contributed by atoms with Crippen molar-refractivity contribution in [3.05, 3.63) is 71.4 Å². The number of aryl methyl sites for hydroxylation is 3. The van der Waals surface area contributed by atoms with Crippen LogP contribution in [0.5, 0.6) is 0 Å². The zero-order valence-corrected chi connectivity index (χ0v) is 18.0. The molecule has 2 aromatic heterocycles. The number of thioether (sulfide) groups is 1. The highest BCUT2D eigenvalue weighted by Crippen LogP contribution is 2.26. The lowest BCUT2D eigenvalue weighted by atomic mass is 10.1. The molecule has 0 unspecified atom stereocenters. The van der Waals surface area contributed by atoms with Gasteiger partial charge in [0.25, 0.3) is 5.22 Å². The summed E-state index contributed by atoms with van der Waals surface area (Å²) in [7, 11) is 0. The number of benzene rings is 2. The molecule has 2 heterocycles. The number of anilines is 1. The molecule has 31 heavy (non-hydrogen) atoms. The highest BCUT2D eigenvalue weighted by Gasteiger charge is 2.14. The van der Waals surface area contributed by atoms with Crippen LogP contribution in [0.4, 0.5) is 5.69 Å². The predicted molar refractivity (Wildman–Crippen MR) is 116 cm³/mol. The average molecular weight is 436 g/mol. The van der Waals surface area contributed by atoms with Crippen LogP contribution in [0.15, 0.2) is 62.7 Å². The van der Waals surface area contributed by atoms with E-state index in [9.17, 15) is 4.79 Å². The van der Waals surface area contributed by atoms with E-state index in [-0.39, 0.29) is 12.3 Å². The van der Waals surface area contributed by atoms with Crippen LogP contribution in [-0.4, -0.2) is 26.2 Å². The van der Waals surface area contributed by atoms with E-state index in [0.717, 1.165) is 22.4 Å². The number of nitrogens with one attached hydrogen (secondary N) is 1. The molecule has 0 fully saturated rings. The van der Waals surface area contributed by atoms with Crippen LogP contribution in [0, 0.1) is 13.8 Å². The Kier molecular flexibility index (Phi) is 6.42. The molecule has 0 saturated heterocycles. The molecule has 0 spiro atoms. The van der Waals surface area contributed by atoms with Crippen LogP contribution in [0.2, 0.25) is 0 Å². The van der Waals surface area contributed by atoms with Gasteiger partial charge in [-0.15, -0.1) is 10.2 Å². The largest absolute Gasteiger partial charge is 0.411 e. The summed E-state index contributed by atoms with van der Waals surface area (Å²) in [5.74, 6) is 1.73. The summed E-state index contributed by atoms with van der Waals surface area (Å²) in [6.45, 7) is 3.94. The minimum Gasteiger partial charge on any atom is -0.411 e. The first-order chi connectivity index (χ1) is 15.1. The van der Waals surface area contributed by atoms with Crippen molar-refractivity contribution < 1.29 is 13.7 Å². The van der Waals surface area contributed by atoms with Crippen molar-refractivity contribution in [1.82, 2.24) is 20.3 Å². The zero-order chi connectivity index (χ0) is 21.6. The minimum atomic E-state index is -0.0991. The molecule has 0 saturated carbocycles. The Morgan fingerprint density at radius 3 is 2.61 bits per heavy atom. The van der Waals surface area contributed by atoms with Crippen LogP contribution in [-0.2, 0) is 17.0 Å². The topological polar surface area (TPSA) is 107 Å². The monoisotopic (exact) mass is 435 g/mol. The molecule has 0 aliphatic carbocycles. The number of nitrogens with zero attached hydrogens (tertiary/aromatic N) is 4. The molecule has 2 aromatic carbocycles. The van der Waals surface area contributed by atoms with Gasteiger partial charge in [-0.2, -0.15) is 4.98 Å². The molecule has 1 N–H and O–H groups in total. The maximum absolute atomic E-state index is 12.2. The van der Waals surface area contributed by atoms with Crippen LogP contribution < -0.4 is 5.32 Å². The van der Waals surface area contributed by atoms with Crippen molar-refractivity contribution in [3.8, 4) is 11.5 Å². The summed E-state index contributed by atoms with van der Waals surface area (Å²) >= 11 is 1.33. The number of carbonyl (C=O) groups is 1. The molecule has 0 atom stereocenters. The molecular weight excluding hydrogens is 414 g/mol. The molecule has 0 aliphatic heterocycles. The molecule has 4 aromatic rings. The summed E-state index contributed by atoms with van der Waals surface area (Å²) in [6, 6.07) is 15.5. The molecule has 9 heteroatoms. The maximum atomic E-state index is 12.2. The summed E-state index contributed by atoms with van der Waals surface area (Å²) in [5.41, 5.74) is 3.80. The first kappa shape index (κ1) is 20.8. The van der Waals surface area contributed by atoms with Crippen molar-refractivity contribution >= 4 is 23.4 Å². The van der Waals surface area contributed by atoms with Crippen LogP contribution in [0.25, 0.3) is 11.5 Å². The number of rotatable bonds is 8. The number of hydrogen-bond acceptors (Lipinski definition) is 8. The van der Waals surface area contributed by atoms with Crippen LogP contribution in [0.3, 0.4) is 0 Å². The van der Waals surface area contributed by atoms with Gasteiger partial charge < -0.3 is 14.3 Å². The van der Waals surface area contributed by atoms with E-state index >= 15 is 0 Å². The van der Waals surface area contributed by atoms with Crippen molar-refractivity contribution in [2.75, 3.05) is 5.32 Å². The lowest BCUT2D eigenvalue weighted by Gasteiger charge is -2.06. The van der Waals surface area contributed by atoms with E-state index < -0.39 is 0 Å². The van der Waals surface area contributed by atoms with Gasteiger partial charge in [0.05, 0.1) is 5.75 Å². The summed E-state index contributed by atoms with van der Waals surface area (Å²) in [5, 5.41) is 15.5. The lowest BCUT2D eigenvalue weighted by molar-refractivity contribution is -0.116. The van der Waals surface area contributed by atoms with Gasteiger partial charge in [-0.3, -0.25) is 4.79 Å². The Morgan fingerprint density at radius 1 is 1.03 bits per heavy atom. The van der Waals surface area contributed by atoms with E-state index in [1.165, 1.54) is 11.8 Å². The van der Waals surface area contributed by atoms with E-state index in [1.54, 1.807) is 0 Å². The quantitative estimate of drug-likeness (QED) is 0.400. The van der Waals surface area contributed by atoms with Gasteiger partial charge in [-0.1, -0.05) is 53.3 Å². The molecule has 1 amide bonds. The molecule has 8 nitrogen and oxygen atoms in total. The van der Waals surface area contributed by atoms with E-state index in [1.807, 2.05) is 62.4 Å². The first-order valence-electron chi connectivity index (χ1n) is 9.78. The maximum Gasteiger partial charge on any atom is 0.277 e. The van der Waals surface area contributed by atoms with Crippen molar-refractivity contribution in [3.63, 3.8) is 0 Å². The molecule has 4 rings (SSSR count).